The number of rotatable bonds is 5. The van der Waals surface area contributed by atoms with Crippen LogP contribution >= 0.6 is 11.3 Å². The summed E-state index contributed by atoms with van der Waals surface area (Å²) in [5.41, 5.74) is 1.14. The van der Waals surface area contributed by atoms with Gasteiger partial charge in [-0.2, -0.15) is 0 Å². The van der Waals surface area contributed by atoms with E-state index < -0.39 is 5.97 Å². The summed E-state index contributed by atoms with van der Waals surface area (Å²) < 4.78 is 5.37. The lowest BCUT2D eigenvalue weighted by atomic mass is 10.00. The molecule has 19 heavy (non-hydrogen) atoms. The molecule has 0 atom stereocenters. The zero-order chi connectivity index (χ0) is 13.8. The van der Waals surface area contributed by atoms with Gasteiger partial charge in [0.15, 0.2) is 0 Å². The quantitative estimate of drug-likeness (QED) is 0.902. The minimum absolute atomic E-state index is 0.437. The molecule has 1 aromatic rings. The highest BCUT2D eigenvalue weighted by Gasteiger charge is 2.17. The van der Waals surface area contributed by atoms with Crippen molar-refractivity contribution in [2.24, 2.45) is 5.92 Å². The highest BCUT2D eigenvalue weighted by atomic mass is 32.1. The Labute approximate surface area is 118 Å². The summed E-state index contributed by atoms with van der Waals surface area (Å²) in [6.07, 6.45) is 2.26. The topological polar surface area (TPSA) is 49.8 Å². The molecule has 4 nitrogen and oxygen atoms in total. The van der Waals surface area contributed by atoms with Gasteiger partial charge in [-0.25, -0.2) is 4.79 Å². The molecule has 0 spiro atoms. The summed E-state index contributed by atoms with van der Waals surface area (Å²) in [5, 5.41) is 9.00. The van der Waals surface area contributed by atoms with Crippen LogP contribution in [0.4, 0.5) is 0 Å². The number of nitrogens with zero attached hydrogens (tertiary/aromatic N) is 1. The van der Waals surface area contributed by atoms with Gasteiger partial charge < -0.3 is 14.7 Å². The number of carbonyl (C=O) groups is 1. The van der Waals surface area contributed by atoms with E-state index in [9.17, 15) is 4.79 Å². The molecule has 0 amide bonds. The van der Waals surface area contributed by atoms with Crippen molar-refractivity contribution in [1.29, 1.82) is 0 Å². The van der Waals surface area contributed by atoms with Gasteiger partial charge in [0, 0.05) is 31.2 Å². The maximum absolute atomic E-state index is 11.0. The Morgan fingerprint density at radius 2 is 2.21 bits per heavy atom. The van der Waals surface area contributed by atoms with Crippen LogP contribution in [0, 0.1) is 12.8 Å². The van der Waals surface area contributed by atoms with Crippen molar-refractivity contribution < 1.29 is 14.6 Å². The first kappa shape index (κ1) is 14.5. The maximum atomic E-state index is 11.0. The third-order valence-corrected chi connectivity index (χ3v) is 4.66. The van der Waals surface area contributed by atoms with Crippen LogP contribution in [0.3, 0.4) is 0 Å². The second-order valence-electron chi connectivity index (χ2n) is 5.25. The van der Waals surface area contributed by atoms with E-state index >= 15 is 0 Å². The maximum Gasteiger partial charge on any atom is 0.345 e. The molecule has 0 aromatic carbocycles. The minimum Gasteiger partial charge on any atom is -0.477 e. The van der Waals surface area contributed by atoms with Crippen LogP contribution in [0.5, 0.6) is 0 Å². The molecule has 1 aliphatic rings. The Morgan fingerprint density at radius 1 is 1.53 bits per heavy atom. The molecule has 0 saturated carbocycles. The van der Waals surface area contributed by atoms with Crippen molar-refractivity contribution in [3.63, 3.8) is 0 Å². The number of carboxylic acids is 1. The fourth-order valence-corrected chi connectivity index (χ4v) is 3.38. The van der Waals surface area contributed by atoms with E-state index in [1.807, 2.05) is 13.0 Å². The largest absolute Gasteiger partial charge is 0.477 e. The summed E-state index contributed by atoms with van der Waals surface area (Å²) >= 11 is 1.36. The molecule has 1 saturated heterocycles. The first-order valence-electron chi connectivity index (χ1n) is 6.65. The predicted molar refractivity (Wildman–Crippen MR) is 75.9 cm³/mol. The van der Waals surface area contributed by atoms with Gasteiger partial charge in [0.1, 0.15) is 4.88 Å². The molecule has 1 N–H and O–H groups in total. The molecule has 1 fully saturated rings. The average molecular weight is 283 g/mol. The van der Waals surface area contributed by atoms with Gasteiger partial charge >= 0.3 is 5.97 Å². The lowest BCUT2D eigenvalue weighted by Gasteiger charge is -2.27. The van der Waals surface area contributed by atoms with Crippen LogP contribution in [0.2, 0.25) is 0 Å². The molecule has 2 rings (SSSR count). The highest BCUT2D eigenvalue weighted by molar-refractivity contribution is 7.14. The molecule has 0 unspecified atom stereocenters. The summed E-state index contributed by atoms with van der Waals surface area (Å²) in [7, 11) is 2.10. The number of thiophene rings is 1. The number of aryl methyl sites for hydroxylation is 1. The molecule has 106 valence electrons. The second kappa shape index (κ2) is 6.50. The third-order valence-electron chi connectivity index (χ3n) is 3.58. The summed E-state index contributed by atoms with van der Waals surface area (Å²) in [6, 6.07) is 1.81. The Hall–Kier alpha value is -0.910. The van der Waals surface area contributed by atoms with Gasteiger partial charge in [-0.05, 0) is 44.4 Å². The SMILES string of the molecule is Cc1sc(C(=O)O)cc1CN(C)CC1CCOCC1. The molecule has 5 heteroatoms. The van der Waals surface area contributed by atoms with E-state index in [4.69, 9.17) is 9.84 Å². The summed E-state index contributed by atoms with van der Waals surface area (Å²) in [4.78, 5) is 14.8. The summed E-state index contributed by atoms with van der Waals surface area (Å²) in [5.74, 6) is -0.122. The van der Waals surface area contributed by atoms with Crippen LogP contribution < -0.4 is 0 Å². The van der Waals surface area contributed by atoms with E-state index in [0.717, 1.165) is 49.6 Å². The fourth-order valence-electron chi connectivity index (χ4n) is 2.51. The number of aromatic carboxylic acids is 1. The Kier molecular flexibility index (Phi) is 4.96. The van der Waals surface area contributed by atoms with Crippen molar-refractivity contribution in [2.45, 2.75) is 26.3 Å². The number of hydrogen-bond acceptors (Lipinski definition) is 4. The van der Waals surface area contributed by atoms with Crippen molar-refractivity contribution >= 4 is 17.3 Å². The van der Waals surface area contributed by atoms with Crippen LogP contribution in [0.15, 0.2) is 6.07 Å². The Bertz CT molecular complexity index is 438. The molecule has 0 bridgehead atoms. The molecular weight excluding hydrogens is 262 g/mol. The van der Waals surface area contributed by atoms with Gasteiger partial charge in [0.2, 0.25) is 0 Å². The monoisotopic (exact) mass is 283 g/mol. The molecule has 1 aliphatic heterocycles. The minimum atomic E-state index is -0.827. The molecule has 0 radical (unpaired) electrons. The first-order valence-corrected chi connectivity index (χ1v) is 7.47. The van der Waals surface area contributed by atoms with Crippen molar-refractivity contribution in [1.82, 2.24) is 4.90 Å². The van der Waals surface area contributed by atoms with Crippen molar-refractivity contribution in [2.75, 3.05) is 26.8 Å². The van der Waals surface area contributed by atoms with Gasteiger partial charge in [0.05, 0.1) is 0 Å². The van der Waals surface area contributed by atoms with E-state index in [0.29, 0.717) is 10.8 Å². The molecule has 2 heterocycles. The van der Waals surface area contributed by atoms with Gasteiger partial charge in [0.25, 0.3) is 0 Å². The van der Waals surface area contributed by atoms with Gasteiger partial charge in [-0.1, -0.05) is 0 Å². The Balaban J connectivity index is 1.90. The van der Waals surface area contributed by atoms with E-state index in [1.165, 1.54) is 11.3 Å². The third kappa shape index (κ3) is 4.03. The van der Waals surface area contributed by atoms with Crippen LogP contribution in [0.25, 0.3) is 0 Å². The zero-order valence-corrected chi connectivity index (χ0v) is 12.3. The van der Waals surface area contributed by atoms with Crippen LogP contribution in [-0.2, 0) is 11.3 Å². The van der Waals surface area contributed by atoms with Crippen molar-refractivity contribution in [3.05, 3.63) is 21.4 Å². The lowest BCUT2D eigenvalue weighted by molar-refractivity contribution is 0.0549. The highest BCUT2D eigenvalue weighted by Crippen LogP contribution is 2.23. The standard InChI is InChI=1S/C14H21NO3S/c1-10-12(7-13(19-10)14(16)17)9-15(2)8-11-3-5-18-6-4-11/h7,11H,3-6,8-9H2,1-2H3,(H,16,17). The van der Waals surface area contributed by atoms with E-state index in [-0.39, 0.29) is 0 Å². The smallest absolute Gasteiger partial charge is 0.345 e. The second-order valence-corrected chi connectivity index (χ2v) is 6.51. The van der Waals surface area contributed by atoms with E-state index in [2.05, 4.69) is 11.9 Å². The zero-order valence-electron chi connectivity index (χ0n) is 11.5. The molecule has 0 aliphatic carbocycles. The average Bonchev–Trinajstić information content (AvgIpc) is 2.72. The fraction of sp³-hybridized carbons (Fsp3) is 0.643. The Morgan fingerprint density at radius 3 is 2.79 bits per heavy atom. The number of carboxylic acid groups (broad SMARTS) is 1. The number of ether oxygens (including phenoxy) is 1. The van der Waals surface area contributed by atoms with E-state index in [1.54, 1.807) is 0 Å². The predicted octanol–water partition coefficient (Wildman–Crippen LogP) is 2.61. The van der Waals surface area contributed by atoms with Crippen molar-refractivity contribution in [3.8, 4) is 0 Å². The normalized spacial score (nSPS) is 17.0. The first-order chi connectivity index (χ1) is 9.06. The lowest BCUT2D eigenvalue weighted by Crippen LogP contribution is -2.29. The van der Waals surface area contributed by atoms with Crippen LogP contribution in [-0.4, -0.2) is 42.8 Å². The molecule has 1 aromatic heterocycles. The van der Waals surface area contributed by atoms with Gasteiger partial charge in [-0.3, -0.25) is 0 Å². The van der Waals surface area contributed by atoms with Crippen LogP contribution in [0.1, 0.15) is 33.0 Å². The van der Waals surface area contributed by atoms with Gasteiger partial charge in [-0.15, -0.1) is 11.3 Å². The number of hydrogen-bond donors (Lipinski definition) is 1. The summed E-state index contributed by atoms with van der Waals surface area (Å²) in [6.45, 7) is 5.63. The molecular formula is C14H21NO3S.